The van der Waals surface area contributed by atoms with Crippen molar-refractivity contribution >= 4 is 16.9 Å². The fourth-order valence-corrected chi connectivity index (χ4v) is 3.74. The van der Waals surface area contributed by atoms with Crippen molar-refractivity contribution in [1.29, 1.82) is 0 Å². The number of ether oxygens (including phenoxy) is 1. The van der Waals surface area contributed by atoms with Gasteiger partial charge in [0.1, 0.15) is 16.8 Å². The molecule has 0 saturated carbocycles. The predicted molar refractivity (Wildman–Crippen MR) is 101 cm³/mol. The summed E-state index contributed by atoms with van der Waals surface area (Å²) in [7, 11) is 1.26. The van der Waals surface area contributed by atoms with Crippen molar-refractivity contribution in [3.05, 3.63) is 46.2 Å². The SMILES string of the molecule is COC(=O)c1cn2c(cc1=O)-c1c3cccc(O)c3nn1CC2C(C)(C)C. The summed E-state index contributed by atoms with van der Waals surface area (Å²) in [5, 5.41) is 15.5. The first-order valence-electron chi connectivity index (χ1n) is 8.75. The number of aromatic hydroxyl groups is 1. The van der Waals surface area contributed by atoms with Crippen molar-refractivity contribution in [3.63, 3.8) is 0 Å². The second-order valence-corrected chi connectivity index (χ2v) is 7.92. The van der Waals surface area contributed by atoms with Crippen molar-refractivity contribution < 1.29 is 14.6 Å². The number of carbonyl (C=O) groups is 1. The number of hydrogen-bond donors (Lipinski definition) is 1. The Bertz CT molecular complexity index is 1130. The van der Waals surface area contributed by atoms with Gasteiger partial charge in [0.25, 0.3) is 0 Å². The number of pyridine rings is 1. The average Bonchev–Trinajstić information content (AvgIpc) is 2.99. The van der Waals surface area contributed by atoms with Gasteiger partial charge in [-0.15, -0.1) is 0 Å². The third-order valence-corrected chi connectivity index (χ3v) is 5.16. The number of carbonyl (C=O) groups excluding carboxylic acids is 1. The molecule has 1 aromatic carbocycles. The van der Waals surface area contributed by atoms with Crippen LogP contribution >= 0.6 is 0 Å². The number of phenolic OH excluding ortho intramolecular Hbond substituents is 1. The van der Waals surface area contributed by atoms with Crippen molar-refractivity contribution in [2.45, 2.75) is 33.4 Å². The molecule has 7 nitrogen and oxygen atoms in total. The van der Waals surface area contributed by atoms with Crippen LogP contribution in [0.3, 0.4) is 0 Å². The summed E-state index contributed by atoms with van der Waals surface area (Å²) < 4.78 is 8.57. The maximum Gasteiger partial charge on any atom is 0.343 e. The Hall–Kier alpha value is -3.09. The van der Waals surface area contributed by atoms with E-state index in [9.17, 15) is 14.7 Å². The number of aromatic nitrogens is 3. The Kier molecular flexibility index (Phi) is 3.66. The molecule has 2 aromatic heterocycles. The van der Waals surface area contributed by atoms with Gasteiger partial charge < -0.3 is 14.4 Å². The van der Waals surface area contributed by atoms with E-state index in [1.165, 1.54) is 13.2 Å². The zero-order valence-electron chi connectivity index (χ0n) is 15.7. The minimum Gasteiger partial charge on any atom is -0.506 e. The number of esters is 1. The average molecular weight is 367 g/mol. The first-order valence-corrected chi connectivity index (χ1v) is 8.75. The van der Waals surface area contributed by atoms with E-state index >= 15 is 0 Å². The lowest BCUT2D eigenvalue weighted by atomic mass is 9.85. The fourth-order valence-electron chi connectivity index (χ4n) is 3.74. The van der Waals surface area contributed by atoms with Gasteiger partial charge in [-0.05, 0) is 11.5 Å². The maximum absolute atomic E-state index is 12.6. The van der Waals surface area contributed by atoms with Gasteiger partial charge >= 0.3 is 5.97 Å². The molecular formula is C20H21N3O4. The van der Waals surface area contributed by atoms with Gasteiger partial charge in [-0.25, -0.2) is 4.79 Å². The highest BCUT2D eigenvalue weighted by Crippen LogP contribution is 2.42. The van der Waals surface area contributed by atoms with Crippen LogP contribution in [0.25, 0.3) is 22.3 Å². The van der Waals surface area contributed by atoms with Crippen LogP contribution in [0.2, 0.25) is 0 Å². The number of rotatable bonds is 1. The predicted octanol–water partition coefficient (Wildman–Crippen LogP) is 2.96. The molecule has 0 fully saturated rings. The Morgan fingerprint density at radius 1 is 1.33 bits per heavy atom. The number of nitrogens with zero attached hydrogens (tertiary/aromatic N) is 3. The molecule has 7 heteroatoms. The van der Waals surface area contributed by atoms with E-state index in [-0.39, 0.29) is 22.8 Å². The molecule has 1 aliphatic heterocycles. The Morgan fingerprint density at radius 2 is 2.07 bits per heavy atom. The van der Waals surface area contributed by atoms with Crippen LogP contribution in [0, 0.1) is 5.41 Å². The van der Waals surface area contributed by atoms with Crippen molar-refractivity contribution in [2.24, 2.45) is 5.41 Å². The van der Waals surface area contributed by atoms with Crippen LogP contribution in [-0.2, 0) is 11.3 Å². The molecule has 1 N–H and O–H groups in total. The molecule has 0 saturated heterocycles. The lowest BCUT2D eigenvalue weighted by Gasteiger charge is -2.38. The van der Waals surface area contributed by atoms with Crippen molar-refractivity contribution in [3.8, 4) is 17.1 Å². The summed E-state index contributed by atoms with van der Waals surface area (Å²) in [6, 6.07) is 6.63. The monoisotopic (exact) mass is 367 g/mol. The van der Waals surface area contributed by atoms with Crippen LogP contribution in [0.1, 0.15) is 37.2 Å². The van der Waals surface area contributed by atoms with E-state index < -0.39 is 11.4 Å². The number of fused-ring (bicyclic) bond motifs is 5. The minimum atomic E-state index is -0.649. The number of benzene rings is 1. The van der Waals surface area contributed by atoms with Gasteiger partial charge in [0.2, 0.25) is 0 Å². The highest BCUT2D eigenvalue weighted by Gasteiger charge is 2.35. The first-order chi connectivity index (χ1) is 12.7. The third-order valence-electron chi connectivity index (χ3n) is 5.16. The van der Waals surface area contributed by atoms with Crippen LogP contribution in [0.5, 0.6) is 5.75 Å². The van der Waals surface area contributed by atoms with E-state index in [0.29, 0.717) is 17.8 Å². The first kappa shape index (κ1) is 17.3. The smallest absolute Gasteiger partial charge is 0.343 e. The number of hydrogen-bond acceptors (Lipinski definition) is 5. The lowest BCUT2D eigenvalue weighted by molar-refractivity contribution is 0.0597. The Labute approximate surface area is 155 Å². The van der Waals surface area contributed by atoms with Crippen LogP contribution in [-0.4, -0.2) is 32.5 Å². The molecule has 0 aliphatic carbocycles. The van der Waals surface area contributed by atoms with E-state index in [1.807, 2.05) is 15.3 Å². The van der Waals surface area contributed by atoms with Crippen molar-refractivity contribution in [1.82, 2.24) is 14.3 Å². The zero-order valence-corrected chi connectivity index (χ0v) is 15.7. The van der Waals surface area contributed by atoms with E-state index in [1.54, 1.807) is 18.3 Å². The van der Waals surface area contributed by atoms with Gasteiger partial charge in [-0.3, -0.25) is 9.48 Å². The second kappa shape index (κ2) is 5.70. The molecule has 0 radical (unpaired) electrons. The van der Waals surface area contributed by atoms with Gasteiger partial charge in [0.15, 0.2) is 5.43 Å². The highest BCUT2D eigenvalue weighted by atomic mass is 16.5. The number of methoxy groups -OCH3 is 1. The highest BCUT2D eigenvalue weighted by molar-refractivity contribution is 5.96. The van der Waals surface area contributed by atoms with Gasteiger partial charge in [-0.1, -0.05) is 32.9 Å². The van der Waals surface area contributed by atoms with E-state index in [4.69, 9.17) is 4.74 Å². The summed E-state index contributed by atoms with van der Waals surface area (Å²) in [6.07, 6.45) is 1.59. The minimum absolute atomic E-state index is 0.00983. The normalized spacial score (nSPS) is 16.1. The van der Waals surface area contributed by atoms with Crippen LogP contribution in [0.15, 0.2) is 35.3 Å². The van der Waals surface area contributed by atoms with E-state index in [0.717, 1.165) is 11.1 Å². The molecule has 0 spiro atoms. The molecule has 27 heavy (non-hydrogen) atoms. The summed E-state index contributed by atoms with van der Waals surface area (Å²) >= 11 is 0. The Morgan fingerprint density at radius 3 is 2.74 bits per heavy atom. The van der Waals surface area contributed by atoms with Gasteiger partial charge in [0.05, 0.1) is 31.1 Å². The molecular weight excluding hydrogens is 346 g/mol. The summed E-state index contributed by atoms with van der Waals surface area (Å²) in [5.74, 6) is -0.550. The zero-order chi connectivity index (χ0) is 19.5. The standard InChI is InChI=1S/C20H21N3O4/c1-20(2,3)16-10-23-18(11-6-5-7-14(24)17(11)21-23)13-8-15(25)12(9-22(13)16)19(26)27-4/h5-9,16,24H,10H2,1-4H3. The molecule has 0 bridgehead atoms. The van der Waals surface area contributed by atoms with Gasteiger partial charge in [0, 0.05) is 17.6 Å². The summed E-state index contributed by atoms with van der Waals surface area (Å²) in [4.78, 5) is 24.6. The van der Waals surface area contributed by atoms with Gasteiger partial charge in [-0.2, -0.15) is 5.10 Å². The van der Waals surface area contributed by atoms with E-state index in [2.05, 4.69) is 25.9 Å². The quantitative estimate of drug-likeness (QED) is 0.668. The molecule has 0 amide bonds. The topological polar surface area (TPSA) is 86.3 Å². The van der Waals surface area contributed by atoms with Crippen molar-refractivity contribution in [2.75, 3.05) is 7.11 Å². The van der Waals surface area contributed by atoms with Crippen LogP contribution < -0.4 is 5.43 Å². The fraction of sp³-hybridized carbons (Fsp3) is 0.350. The lowest BCUT2D eigenvalue weighted by Crippen LogP contribution is -2.35. The number of phenols is 1. The molecule has 140 valence electrons. The largest absolute Gasteiger partial charge is 0.506 e. The molecule has 3 aromatic rings. The molecule has 3 heterocycles. The Balaban J connectivity index is 2.08. The van der Waals surface area contributed by atoms with Crippen LogP contribution in [0.4, 0.5) is 0 Å². The third kappa shape index (κ3) is 2.53. The molecule has 1 unspecified atom stereocenters. The maximum atomic E-state index is 12.6. The summed E-state index contributed by atoms with van der Waals surface area (Å²) in [6.45, 7) is 6.86. The summed E-state index contributed by atoms with van der Waals surface area (Å²) in [5.41, 5.74) is 1.38. The second-order valence-electron chi connectivity index (χ2n) is 7.92. The molecule has 4 rings (SSSR count). The molecule has 1 atom stereocenters. The molecule has 1 aliphatic rings.